The van der Waals surface area contributed by atoms with Crippen molar-refractivity contribution in [2.24, 2.45) is 0 Å². The maximum absolute atomic E-state index is 11.9. The van der Waals surface area contributed by atoms with Gasteiger partial charge in [-0.2, -0.15) is 5.10 Å². The van der Waals surface area contributed by atoms with Gasteiger partial charge < -0.3 is 9.47 Å². The van der Waals surface area contributed by atoms with E-state index in [9.17, 15) is 4.79 Å². The normalized spacial score (nSPS) is 15.5. The lowest BCUT2D eigenvalue weighted by Gasteiger charge is -2.10. The van der Waals surface area contributed by atoms with E-state index in [4.69, 9.17) is 21.1 Å². The molecule has 1 saturated heterocycles. The maximum atomic E-state index is 11.9. The summed E-state index contributed by atoms with van der Waals surface area (Å²) in [5, 5.41) is 5.05. The van der Waals surface area contributed by atoms with Gasteiger partial charge in [0.05, 0.1) is 18.9 Å². The minimum Gasteiger partial charge on any atom is -0.350 e. The molecule has 3 rings (SSSR count). The van der Waals surface area contributed by atoms with E-state index in [0.29, 0.717) is 31.2 Å². The zero-order valence-electron chi connectivity index (χ0n) is 11.4. The number of rotatable bonds is 4. The van der Waals surface area contributed by atoms with E-state index in [1.165, 1.54) is 10.7 Å². The molecule has 5 nitrogen and oxygen atoms in total. The lowest BCUT2D eigenvalue weighted by atomic mass is 10.1. The molecular formula is C15H15ClN2O3. The summed E-state index contributed by atoms with van der Waals surface area (Å²) in [4.78, 5) is 11.9. The molecule has 0 amide bonds. The van der Waals surface area contributed by atoms with Crippen molar-refractivity contribution in [3.05, 3.63) is 51.8 Å². The average Bonchev–Trinajstić information content (AvgIpc) is 3.01. The van der Waals surface area contributed by atoms with Gasteiger partial charge in [0.1, 0.15) is 0 Å². The quantitative estimate of drug-likeness (QED) is 0.870. The van der Waals surface area contributed by atoms with Crippen molar-refractivity contribution >= 4 is 11.6 Å². The van der Waals surface area contributed by atoms with Crippen LogP contribution in [0.4, 0.5) is 0 Å². The van der Waals surface area contributed by atoms with Crippen LogP contribution in [0.3, 0.4) is 0 Å². The van der Waals surface area contributed by atoms with Gasteiger partial charge in [-0.25, -0.2) is 4.68 Å². The Balaban J connectivity index is 1.78. The zero-order chi connectivity index (χ0) is 14.7. The molecule has 1 fully saturated rings. The molecule has 6 heteroatoms. The fourth-order valence-electron chi connectivity index (χ4n) is 2.19. The van der Waals surface area contributed by atoms with Gasteiger partial charge in [0, 0.05) is 29.6 Å². The molecule has 0 atom stereocenters. The van der Waals surface area contributed by atoms with E-state index in [-0.39, 0.29) is 11.8 Å². The minimum absolute atomic E-state index is 0.134. The highest BCUT2D eigenvalue weighted by molar-refractivity contribution is 6.30. The van der Waals surface area contributed by atoms with E-state index >= 15 is 0 Å². The molecule has 0 N–H and O–H groups in total. The highest BCUT2D eigenvalue weighted by Gasteiger charge is 2.16. The van der Waals surface area contributed by atoms with Crippen LogP contribution >= 0.6 is 11.6 Å². The summed E-state index contributed by atoms with van der Waals surface area (Å²) in [6.45, 7) is 1.68. The van der Waals surface area contributed by atoms with Crippen LogP contribution in [-0.2, 0) is 16.0 Å². The summed E-state index contributed by atoms with van der Waals surface area (Å²) < 4.78 is 12.2. The molecule has 2 heterocycles. The Labute approximate surface area is 127 Å². The van der Waals surface area contributed by atoms with Crippen LogP contribution in [0.1, 0.15) is 6.42 Å². The van der Waals surface area contributed by atoms with E-state index < -0.39 is 0 Å². The van der Waals surface area contributed by atoms with E-state index in [2.05, 4.69) is 5.10 Å². The van der Waals surface area contributed by atoms with Crippen LogP contribution in [0, 0.1) is 0 Å². The predicted octanol–water partition coefficient (Wildman–Crippen LogP) is 2.33. The summed E-state index contributed by atoms with van der Waals surface area (Å²) in [5.41, 5.74) is 1.52. The Morgan fingerprint density at radius 2 is 1.86 bits per heavy atom. The van der Waals surface area contributed by atoms with Gasteiger partial charge >= 0.3 is 0 Å². The highest BCUT2D eigenvalue weighted by Crippen LogP contribution is 2.18. The lowest BCUT2D eigenvalue weighted by Crippen LogP contribution is -2.24. The molecule has 0 unspecified atom stereocenters. The van der Waals surface area contributed by atoms with Crippen LogP contribution in [0.25, 0.3) is 11.3 Å². The van der Waals surface area contributed by atoms with Gasteiger partial charge in [0.15, 0.2) is 6.29 Å². The van der Waals surface area contributed by atoms with Crippen LogP contribution in [0.2, 0.25) is 5.02 Å². The molecule has 2 aromatic rings. The molecule has 0 aliphatic carbocycles. The van der Waals surface area contributed by atoms with Crippen molar-refractivity contribution in [2.75, 3.05) is 13.2 Å². The fraction of sp³-hybridized carbons (Fsp3) is 0.333. The molecule has 1 aromatic carbocycles. The summed E-state index contributed by atoms with van der Waals surface area (Å²) >= 11 is 5.87. The zero-order valence-corrected chi connectivity index (χ0v) is 12.1. The van der Waals surface area contributed by atoms with Crippen molar-refractivity contribution in [1.82, 2.24) is 9.78 Å². The summed E-state index contributed by atoms with van der Waals surface area (Å²) in [6.07, 6.45) is 0.370. The maximum Gasteiger partial charge on any atom is 0.266 e. The van der Waals surface area contributed by atoms with Gasteiger partial charge in [0.2, 0.25) is 0 Å². The second kappa shape index (κ2) is 6.39. The lowest BCUT2D eigenvalue weighted by molar-refractivity contribution is -0.0497. The molecule has 1 aromatic heterocycles. The molecule has 110 valence electrons. The SMILES string of the molecule is O=c1ccc(-c2ccc(Cl)cc2)nn1CCC1OCCO1. The van der Waals surface area contributed by atoms with Crippen LogP contribution < -0.4 is 5.56 Å². The smallest absolute Gasteiger partial charge is 0.266 e. The monoisotopic (exact) mass is 306 g/mol. The van der Waals surface area contributed by atoms with Crippen molar-refractivity contribution < 1.29 is 9.47 Å². The fourth-order valence-corrected chi connectivity index (χ4v) is 2.31. The highest BCUT2D eigenvalue weighted by atomic mass is 35.5. The molecule has 1 aliphatic heterocycles. The third-order valence-corrected chi connectivity index (χ3v) is 3.53. The number of hydrogen-bond acceptors (Lipinski definition) is 4. The predicted molar refractivity (Wildman–Crippen MR) is 79.3 cm³/mol. The molecule has 1 aliphatic rings. The van der Waals surface area contributed by atoms with Gasteiger partial charge in [-0.3, -0.25) is 4.79 Å². The Morgan fingerprint density at radius 1 is 1.14 bits per heavy atom. The van der Waals surface area contributed by atoms with Crippen LogP contribution in [-0.4, -0.2) is 29.3 Å². The van der Waals surface area contributed by atoms with Crippen LogP contribution in [0.15, 0.2) is 41.2 Å². The third kappa shape index (κ3) is 3.50. The first kappa shape index (κ1) is 14.3. The molecule has 0 saturated carbocycles. The number of aryl methyl sites for hydroxylation is 1. The molecule has 0 bridgehead atoms. The summed E-state index contributed by atoms with van der Waals surface area (Å²) in [7, 11) is 0. The number of halogens is 1. The van der Waals surface area contributed by atoms with E-state index in [0.717, 1.165) is 11.3 Å². The van der Waals surface area contributed by atoms with Crippen molar-refractivity contribution in [2.45, 2.75) is 19.3 Å². The first-order valence-electron chi connectivity index (χ1n) is 6.80. The standard InChI is InChI=1S/C15H15ClN2O3/c16-12-3-1-11(2-4-12)13-5-6-14(19)18(17-13)8-7-15-20-9-10-21-15/h1-6,15H,7-10H2. The molecule has 0 radical (unpaired) electrons. The van der Waals surface area contributed by atoms with Gasteiger partial charge in [-0.15, -0.1) is 0 Å². The number of hydrogen-bond donors (Lipinski definition) is 0. The van der Waals surface area contributed by atoms with Gasteiger partial charge in [-0.05, 0) is 18.2 Å². The van der Waals surface area contributed by atoms with Gasteiger partial charge in [0.25, 0.3) is 5.56 Å². The van der Waals surface area contributed by atoms with Crippen molar-refractivity contribution in [3.63, 3.8) is 0 Å². The first-order valence-corrected chi connectivity index (χ1v) is 7.17. The first-order chi connectivity index (χ1) is 10.2. The van der Waals surface area contributed by atoms with Crippen LogP contribution in [0.5, 0.6) is 0 Å². The molecule has 0 spiro atoms. The Kier molecular flexibility index (Phi) is 4.34. The third-order valence-electron chi connectivity index (χ3n) is 3.27. The minimum atomic E-state index is -0.238. The Hall–Kier alpha value is -1.69. The number of nitrogens with zero attached hydrogens (tertiary/aromatic N) is 2. The second-order valence-electron chi connectivity index (χ2n) is 4.75. The largest absolute Gasteiger partial charge is 0.350 e. The molecular weight excluding hydrogens is 292 g/mol. The Morgan fingerprint density at radius 3 is 2.57 bits per heavy atom. The van der Waals surface area contributed by atoms with E-state index in [1.54, 1.807) is 18.2 Å². The van der Waals surface area contributed by atoms with Crippen molar-refractivity contribution in [3.8, 4) is 11.3 Å². The average molecular weight is 307 g/mol. The second-order valence-corrected chi connectivity index (χ2v) is 5.18. The number of ether oxygens (including phenoxy) is 2. The van der Waals surface area contributed by atoms with E-state index in [1.807, 2.05) is 12.1 Å². The van der Waals surface area contributed by atoms with Gasteiger partial charge in [-0.1, -0.05) is 23.7 Å². The summed E-state index contributed by atoms with van der Waals surface area (Å²) in [5.74, 6) is 0. The Bertz CT molecular complexity index is 663. The van der Waals surface area contributed by atoms with Crippen molar-refractivity contribution in [1.29, 1.82) is 0 Å². The topological polar surface area (TPSA) is 53.4 Å². The number of benzene rings is 1. The summed E-state index contributed by atoms with van der Waals surface area (Å²) in [6, 6.07) is 10.6. The molecule has 21 heavy (non-hydrogen) atoms. The number of aromatic nitrogens is 2.